The second kappa shape index (κ2) is 7.64. The number of hydrogen-bond donors (Lipinski definition) is 2. The molecule has 0 atom stereocenters. The highest BCUT2D eigenvalue weighted by Crippen LogP contribution is 2.27. The molecular formula is C15H25ClN2O3S. The zero-order valence-corrected chi connectivity index (χ0v) is 14.7. The van der Waals surface area contributed by atoms with Crippen LogP contribution in [0.2, 0.25) is 0 Å². The molecule has 1 aliphatic rings. The van der Waals surface area contributed by atoms with E-state index >= 15 is 0 Å². The summed E-state index contributed by atoms with van der Waals surface area (Å²) in [5.74, 6) is 0.787. The Morgan fingerprint density at radius 1 is 1.32 bits per heavy atom. The molecule has 0 amide bonds. The van der Waals surface area contributed by atoms with Gasteiger partial charge in [-0.1, -0.05) is 13.8 Å². The first-order valence-electron chi connectivity index (χ1n) is 7.44. The molecule has 7 heteroatoms. The van der Waals surface area contributed by atoms with Gasteiger partial charge in [0.15, 0.2) is 0 Å². The van der Waals surface area contributed by atoms with Crippen molar-refractivity contribution < 1.29 is 13.2 Å². The van der Waals surface area contributed by atoms with Crippen molar-refractivity contribution in [2.45, 2.75) is 50.0 Å². The number of rotatable bonds is 6. The first kappa shape index (κ1) is 19.2. The maximum Gasteiger partial charge on any atom is 0.240 e. The number of aryl methyl sites for hydroxylation is 1. The van der Waals surface area contributed by atoms with E-state index in [1.54, 1.807) is 18.2 Å². The monoisotopic (exact) mass is 348 g/mol. The van der Waals surface area contributed by atoms with Crippen LogP contribution in [0.1, 0.15) is 38.7 Å². The number of benzene rings is 1. The van der Waals surface area contributed by atoms with Crippen LogP contribution in [0, 0.1) is 0 Å². The predicted molar refractivity (Wildman–Crippen MR) is 90.2 cm³/mol. The molecule has 0 fully saturated rings. The summed E-state index contributed by atoms with van der Waals surface area (Å²) >= 11 is 0. The molecule has 0 aliphatic carbocycles. The van der Waals surface area contributed by atoms with Crippen LogP contribution in [0.15, 0.2) is 23.1 Å². The highest BCUT2D eigenvalue weighted by atomic mass is 35.5. The quantitative estimate of drug-likeness (QED) is 0.826. The summed E-state index contributed by atoms with van der Waals surface area (Å²) in [6, 6.07) is 5.02. The topological polar surface area (TPSA) is 81.4 Å². The molecule has 2 rings (SSSR count). The fourth-order valence-electron chi connectivity index (χ4n) is 2.33. The van der Waals surface area contributed by atoms with E-state index < -0.39 is 15.6 Å². The van der Waals surface area contributed by atoms with Crippen molar-refractivity contribution in [3.63, 3.8) is 0 Å². The Balaban J connectivity index is 0.00000242. The molecule has 126 valence electrons. The Hall–Kier alpha value is -0.820. The standard InChI is InChI=1S/C15H24N2O3S.ClH/c1-3-15(16,4-2)11-17-21(18,19)13-7-8-14-12(10-13)6-5-9-20-14;/h7-8,10,17H,3-6,9,11,16H2,1-2H3;1H. The van der Waals surface area contributed by atoms with Gasteiger partial charge in [0.25, 0.3) is 0 Å². The first-order valence-corrected chi connectivity index (χ1v) is 8.93. The zero-order chi connectivity index (χ0) is 15.5. The second-order valence-corrected chi connectivity index (χ2v) is 7.38. The van der Waals surface area contributed by atoms with Crippen molar-refractivity contribution in [1.29, 1.82) is 0 Å². The lowest BCUT2D eigenvalue weighted by atomic mass is 9.95. The minimum Gasteiger partial charge on any atom is -0.493 e. The van der Waals surface area contributed by atoms with Gasteiger partial charge >= 0.3 is 0 Å². The van der Waals surface area contributed by atoms with Crippen molar-refractivity contribution in [3.05, 3.63) is 23.8 Å². The van der Waals surface area contributed by atoms with Gasteiger partial charge in [-0.05, 0) is 49.4 Å². The summed E-state index contributed by atoms with van der Waals surface area (Å²) in [7, 11) is -3.53. The highest BCUT2D eigenvalue weighted by molar-refractivity contribution is 7.89. The van der Waals surface area contributed by atoms with Crippen LogP contribution in [0.4, 0.5) is 0 Å². The van der Waals surface area contributed by atoms with Gasteiger partial charge in [0, 0.05) is 12.1 Å². The molecule has 0 spiro atoms. The summed E-state index contributed by atoms with van der Waals surface area (Å²) in [6.07, 6.45) is 3.22. The third-order valence-corrected chi connectivity index (χ3v) is 5.61. The molecular weight excluding hydrogens is 324 g/mol. The van der Waals surface area contributed by atoms with Gasteiger partial charge in [0.2, 0.25) is 10.0 Å². The Morgan fingerprint density at radius 2 is 2.00 bits per heavy atom. The van der Waals surface area contributed by atoms with Crippen molar-refractivity contribution >= 4 is 22.4 Å². The summed E-state index contributed by atoms with van der Waals surface area (Å²) in [4.78, 5) is 0.279. The fraction of sp³-hybridized carbons (Fsp3) is 0.600. The maximum atomic E-state index is 12.4. The van der Waals surface area contributed by atoms with Gasteiger partial charge in [-0.2, -0.15) is 0 Å². The number of nitrogens with one attached hydrogen (secondary N) is 1. The molecule has 1 aromatic rings. The van der Waals surface area contributed by atoms with Crippen molar-refractivity contribution in [2.75, 3.05) is 13.2 Å². The lowest BCUT2D eigenvalue weighted by Gasteiger charge is -2.26. The van der Waals surface area contributed by atoms with Gasteiger partial charge in [-0.3, -0.25) is 0 Å². The predicted octanol–water partition coefficient (Wildman–Crippen LogP) is 2.23. The molecule has 0 aromatic heterocycles. The molecule has 1 heterocycles. The normalized spacial score (nSPS) is 14.7. The summed E-state index contributed by atoms with van der Waals surface area (Å²) in [5, 5.41) is 0. The van der Waals surface area contributed by atoms with Gasteiger partial charge in [0.05, 0.1) is 11.5 Å². The van der Waals surface area contributed by atoms with E-state index in [2.05, 4.69) is 4.72 Å². The lowest BCUT2D eigenvalue weighted by Crippen LogP contribution is -2.49. The van der Waals surface area contributed by atoms with E-state index in [-0.39, 0.29) is 23.8 Å². The van der Waals surface area contributed by atoms with Crippen LogP contribution in [0.25, 0.3) is 0 Å². The summed E-state index contributed by atoms with van der Waals surface area (Å²) in [5.41, 5.74) is 6.60. The average molecular weight is 349 g/mol. The Kier molecular flexibility index (Phi) is 6.67. The van der Waals surface area contributed by atoms with Crippen LogP contribution < -0.4 is 15.2 Å². The zero-order valence-electron chi connectivity index (χ0n) is 13.1. The van der Waals surface area contributed by atoms with Crippen molar-refractivity contribution in [1.82, 2.24) is 4.72 Å². The summed E-state index contributed by atoms with van der Waals surface area (Å²) in [6.45, 7) is 4.87. The fourth-order valence-corrected chi connectivity index (χ4v) is 3.51. The van der Waals surface area contributed by atoms with Gasteiger partial charge in [0.1, 0.15) is 5.75 Å². The molecule has 3 N–H and O–H groups in total. The lowest BCUT2D eigenvalue weighted by molar-refractivity contribution is 0.288. The van der Waals surface area contributed by atoms with Gasteiger partial charge in [-0.15, -0.1) is 12.4 Å². The van der Waals surface area contributed by atoms with Crippen LogP contribution in [-0.2, 0) is 16.4 Å². The SMILES string of the molecule is CCC(N)(CC)CNS(=O)(=O)c1ccc2c(c1)CCCO2.Cl. The minimum absolute atomic E-state index is 0. The number of ether oxygens (including phenoxy) is 1. The largest absolute Gasteiger partial charge is 0.493 e. The number of fused-ring (bicyclic) bond motifs is 1. The van der Waals surface area contributed by atoms with Gasteiger partial charge in [-0.25, -0.2) is 13.1 Å². The van der Waals surface area contributed by atoms with Gasteiger partial charge < -0.3 is 10.5 Å². The van der Waals surface area contributed by atoms with Crippen molar-refractivity contribution in [3.8, 4) is 5.75 Å². The summed E-state index contributed by atoms with van der Waals surface area (Å²) < 4.78 is 32.9. The van der Waals surface area contributed by atoms with E-state index in [1.807, 2.05) is 13.8 Å². The number of hydrogen-bond acceptors (Lipinski definition) is 4. The Labute approximate surface area is 139 Å². The molecule has 0 radical (unpaired) electrons. The minimum atomic E-state index is -3.53. The number of nitrogens with two attached hydrogens (primary N) is 1. The van der Waals surface area contributed by atoms with E-state index in [1.165, 1.54) is 0 Å². The van der Waals surface area contributed by atoms with E-state index in [4.69, 9.17) is 10.5 Å². The van der Waals surface area contributed by atoms with E-state index in [9.17, 15) is 8.42 Å². The van der Waals surface area contributed by atoms with Crippen LogP contribution in [0.5, 0.6) is 5.75 Å². The third-order valence-electron chi connectivity index (χ3n) is 4.21. The molecule has 0 saturated carbocycles. The Morgan fingerprint density at radius 3 is 2.64 bits per heavy atom. The highest BCUT2D eigenvalue weighted by Gasteiger charge is 2.24. The first-order chi connectivity index (χ1) is 9.90. The molecule has 22 heavy (non-hydrogen) atoms. The van der Waals surface area contributed by atoms with E-state index in [0.717, 1.165) is 37.0 Å². The average Bonchev–Trinajstić information content (AvgIpc) is 2.52. The van der Waals surface area contributed by atoms with Crippen molar-refractivity contribution in [2.24, 2.45) is 5.73 Å². The van der Waals surface area contributed by atoms with Crippen LogP contribution in [-0.4, -0.2) is 27.1 Å². The Bertz CT molecular complexity index is 601. The van der Waals surface area contributed by atoms with E-state index in [0.29, 0.717) is 6.61 Å². The molecule has 5 nitrogen and oxygen atoms in total. The molecule has 1 aromatic carbocycles. The smallest absolute Gasteiger partial charge is 0.240 e. The molecule has 0 unspecified atom stereocenters. The number of halogens is 1. The molecule has 1 aliphatic heterocycles. The third kappa shape index (κ3) is 4.35. The molecule has 0 bridgehead atoms. The number of sulfonamides is 1. The maximum absolute atomic E-state index is 12.4. The molecule has 0 saturated heterocycles. The second-order valence-electron chi connectivity index (χ2n) is 5.62. The van der Waals surface area contributed by atoms with Crippen LogP contribution >= 0.6 is 12.4 Å². The van der Waals surface area contributed by atoms with Crippen LogP contribution in [0.3, 0.4) is 0 Å².